The zero-order valence-corrected chi connectivity index (χ0v) is 21.8. The molecular formula is C29H40O6. The van der Waals surface area contributed by atoms with E-state index < -0.39 is 24.8 Å². The Kier molecular flexibility index (Phi) is 10.5. The molecule has 4 atom stereocenters. The van der Waals surface area contributed by atoms with Crippen molar-refractivity contribution in [2.75, 3.05) is 13.2 Å². The summed E-state index contributed by atoms with van der Waals surface area (Å²) < 4.78 is 22.9. The average molecular weight is 485 g/mol. The first-order chi connectivity index (χ1) is 16.4. The van der Waals surface area contributed by atoms with E-state index in [9.17, 15) is 10.2 Å². The van der Waals surface area contributed by atoms with Gasteiger partial charge in [0.2, 0.25) is 12.6 Å². The molecule has 0 heterocycles. The van der Waals surface area contributed by atoms with E-state index >= 15 is 0 Å². The fourth-order valence-corrected chi connectivity index (χ4v) is 3.33. The van der Waals surface area contributed by atoms with Crippen molar-refractivity contribution in [1.29, 1.82) is 0 Å². The zero-order chi connectivity index (χ0) is 26.2. The minimum Gasteiger partial charge on any atom is -0.462 e. The van der Waals surface area contributed by atoms with Gasteiger partial charge in [0.25, 0.3) is 0 Å². The molecule has 0 aromatic heterocycles. The Hall–Kier alpha value is -2.64. The zero-order valence-electron chi connectivity index (χ0n) is 21.8. The van der Waals surface area contributed by atoms with Gasteiger partial charge in [0.1, 0.15) is 23.7 Å². The third-order valence-electron chi connectivity index (χ3n) is 5.43. The van der Waals surface area contributed by atoms with Gasteiger partial charge in [0, 0.05) is 5.41 Å². The molecule has 0 aliphatic rings. The molecule has 0 fully saturated rings. The molecule has 0 aliphatic heterocycles. The summed E-state index contributed by atoms with van der Waals surface area (Å²) in [4.78, 5) is 0. The maximum Gasteiger partial charge on any atom is 0.226 e. The molecule has 0 bridgehead atoms. The Morgan fingerprint density at radius 2 is 1.03 bits per heavy atom. The first-order valence-electron chi connectivity index (χ1n) is 11.8. The van der Waals surface area contributed by atoms with E-state index in [1.807, 2.05) is 62.4 Å². The molecule has 192 valence electrons. The van der Waals surface area contributed by atoms with Gasteiger partial charge in [-0.05, 0) is 63.1 Å². The SMILES string of the molecule is C=C(C)COC(Oc1ccc(C(C)(C)c2ccc(OC(OCC(=C)C)C(C)O)cc2)cc1)C(C)O. The number of aliphatic hydroxyl groups excluding tert-OH is 2. The largest absolute Gasteiger partial charge is 0.462 e. The van der Waals surface area contributed by atoms with Crippen LogP contribution < -0.4 is 9.47 Å². The molecule has 2 N–H and O–H groups in total. The predicted molar refractivity (Wildman–Crippen MR) is 139 cm³/mol. The topological polar surface area (TPSA) is 77.4 Å². The van der Waals surface area contributed by atoms with E-state index in [4.69, 9.17) is 18.9 Å². The van der Waals surface area contributed by atoms with Crippen LogP contribution in [0.4, 0.5) is 0 Å². The van der Waals surface area contributed by atoms with Crippen LogP contribution in [0.1, 0.15) is 52.7 Å². The quantitative estimate of drug-likeness (QED) is 0.277. The second kappa shape index (κ2) is 12.9. The lowest BCUT2D eigenvalue weighted by molar-refractivity contribution is -0.133. The summed E-state index contributed by atoms with van der Waals surface area (Å²) in [5.74, 6) is 1.22. The minimum atomic E-state index is -0.786. The summed E-state index contributed by atoms with van der Waals surface area (Å²) >= 11 is 0. The second-order valence-corrected chi connectivity index (χ2v) is 9.66. The minimum absolute atomic E-state index is 0.280. The summed E-state index contributed by atoms with van der Waals surface area (Å²) in [6, 6.07) is 15.5. The molecule has 0 amide bonds. The van der Waals surface area contributed by atoms with Crippen molar-refractivity contribution in [1.82, 2.24) is 0 Å². The van der Waals surface area contributed by atoms with Gasteiger partial charge in [-0.1, -0.05) is 62.4 Å². The van der Waals surface area contributed by atoms with Gasteiger partial charge in [0.15, 0.2) is 0 Å². The molecule has 0 saturated heterocycles. The number of ether oxygens (including phenoxy) is 4. The Labute approximate surface area is 209 Å². The smallest absolute Gasteiger partial charge is 0.226 e. The maximum atomic E-state index is 9.96. The van der Waals surface area contributed by atoms with Crippen LogP contribution in [0.15, 0.2) is 72.8 Å². The van der Waals surface area contributed by atoms with Crippen molar-refractivity contribution >= 4 is 0 Å². The van der Waals surface area contributed by atoms with Crippen LogP contribution >= 0.6 is 0 Å². The Morgan fingerprint density at radius 1 is 0.714 bits per heavy atom. The van der Waals surface area contributed by atoms with Crippen molar-refractivity contribution in [3.63, 3.8) is 0 Å². The molecule has 35 heavy (non-hydrogen) atoms. The lowest BCUT2D eigenvalue weighted by atomic mass is 9.78. The van der Waals surface area contributed by atoms with Crippen molar-refractivity contribution in [2.45, 2.75) is 71.7 Å². The molecule has 0 radical (unpaired) electrons. The van der Waals surface area contributed by atoms with Crippen LogP contribution in [0.3, 0.4) is 0 Å². The molecule has 2 aromatic rings. The fraction of sp³-hybridized carbons (Fsp3) is 0.448. The van der Waals surface area contributed by atoms with Gasteiger partial charge in [-0.25, -0.2) is 0 Å². The Balaban J connectivity index is 2.09. The number of hydrogen-bond acceptors (Lipinski definition) is 6. The van der Waals surface area contributed by atoms with Crippen LogP contribution in [-0.4, -0.2) is 48.2 Å². The third kappa shape index (κ3) is 8.82. The van der Waals surface area contributed by atoms with Crippen LogP contribution in [0.2, 0.25) is 0 Å². The maximum absolute atomic E-state index is 9.96. The highest BCUT2D eigenvalue weighted by molar-refractivity contribution is 5.41. The highest BCUT2D eigenvalue weighted by atomic mass is 16.7. The third-order valence-corrected chi connectivity index (χ3v) is 5.43. The molecule has 6 nitrogen and oxygen atoms in total. The van der Waals surface area contributed by atoms with Crippen LogP contribution in [0.25, 0.3) is 0 Å². The number of hydrogen-bond donors (Lipinski definition) is 2. The number of benzene rings is 2. The molecule has 0 spiro atoms. The lowest BCUT2D eigenvalue weighted by Crippen LogP contribution is -2.32. The standard InChI is InChI=1S/C29H40O6/c1-19(2)17-32-27(21(5)30)34-25-13-9-23(10-14-25)29(7,8)24-11-15-26(16-12-24)35-28(22(6)31)33-18-20(3)4/h9-16,21-22,27-28,30-31H,1,3,17-18H2,2,4-8H3. The molecule has 0 aliphatic carbocycles. The van der Waals surface area contributed by atoms with E-state index in [1.54, 1.807) is 13.8 Å². The summed E-state index contributed by atoms with van der Waals surface area (Å²) in [6.45, 7) is 19.5. The average Bonchev–Trinajstić information content (AvgIpc) is 2.79. The van der Waals surface area contributed by atoms with E-state index in [2.05, 4.69) is 27.0 Å². The van der Waals surface area contributed by atoms with Gasteiger partial charge in [-0.2, -0.15) is 0 Å². The van der Waals surface area contributed by atoms with Gasteiger partial charge in [0.05, 0.1) is 13.2 Å². The molecule has 4 unspecified atom stereocenters. The molecule has 2 aromatic carbocycles. The van der Waals surface area contributed by atoms with E-state index in [0.717, 1.165) is 22.3 Å². The molecule has 2 rings (SSSR count). The van der Waals surface area contributed by atoms with E-state index in [1.165, 1.54) is 0 Å². The number of aliphatic hydroxyl groups is 2. The van der Waals surface area contributed by atoms with Crippen molar-refractivity contribution in [2.24, 2.45) is 0 Å². The first kappa shape index (κ1) is 28.6. The molecule has 6 heteroatoms. The van der Waals surface area contributed by atoms with Gasteiger partial charge >= 0.3 is 0 Å². The lowest BCUT2D eigenvalue weighted by Gasteiger charge is -2.28. The summed E-state index contributed by atoms with van der Waals surface area (Å²) in [5, 5.41) is 19.9. The van der Waals surface area contributed by atoms with Gasteiger partial charge < -0.3 is 29.2 Å². The van der Waals surface area contributed by atoms with Crippen LogP contribution in [-0.2, 0) is 14.9 Å². The van der Waals surface area contributed by atoms with E-state index in [0.29, 0.717) is 24.7 Å². The van der Waals surface area contributed by atoms with Crippen LogP contribution in [0.5, 0.6) is 11.5 Å². The summed E-state index contributed by atoms with van der Waals surface area (Å²) in [5.41, 5.74) is 3.63. The predicted octanol–water partition coefficient (Wildman–Crippen LogP) is 5.37. The van der Waals surface area contributed by atoms with Crippen molar-refractivity contribution < 1.29 is 29.2 Å². The first-order valence-corrected chi connectivity index (χ1v) is 11.8. The normalized spacial score (nSPS) is 15.1. The van der Waals surface area contributed by atoms with Gasteiger partial charge in [-0.15, -0.1) is 0 Å². The molecular weight excluding hydrogens is 444 g/mol. The molecule has 0 saturated carbocycles. The van der Waals surface area contributed by atoms with Crippen LogP contribution in [0, 0.1) is 0 Å². The Bertz CT molecular complexity index is 867. The second-order valence-electron chi connectivity index (χ2n) is 9.66. The van der Waals surface area contributed by atoms with Crippen molar-refractivity contribution in [3.05, 3.63) is 84.0 Å². The monoisotopic (exact) mass is 484 g/mol. The number of rotatable bonds is 14. The highest BCUT2D eigenvalue weighted by Gasteiger charge is 2.25. The Morgan fingerprint density at radius 3 is 1.29 bits per heavy atom. The summed E-state index contributed by atoms with van der Waals surface area (Å²) in [7, 11) is 0. The van der Waals surface area contributed by atoms with E-state index in [-0.39, 0.29) is 5.41 Å². The summed E-state index contributed by atoms with van der Waals surface area (Å²) in [6.07, 6.45) is -3.12. The van der Waals surface area contributed by atoms with Gasteiger partial charge in [-0.3, -0.25) is 0 Å². The fourth-order valence-electron chi connectivity index (χ4n) is 3.33. The van der Waals surface area contributed by atoms with Crippen molar-refractivity contribution in [3.8, 4) is 11.5 Å². The highest BCUT2D eigenvalue weighted by Crippen LogP contribution is 2.33.